The van der Waals surface area contributed by atoms with Crippen LogP contribution in [0.1, 0.15) is 47.3 Å². The van der Waals surface area contributed by atoms with Gasteiger partial charge in [0.2, 0.25) is 0 Å². The lowest BCUT2D eigenvalue weighted by Gasteiger charge is -2.13. The summed E-state index contributed by atoms with van der Waals surface area (Å²) in [5.74, 6) is 2.19. The fourth-order valence-corrected chi connectivity index (χ4v) is 4.44. The smallest absolute Gasteiger partial charge is 0.251 e. The fraction of sp³-hybridized carbons (Fsp3) is 0.208. The SMILES string of the molecule is CC(C)c1nnc(SCc2ccccc2C(=O)NCc2ccco2)n1-c1cccc(Cl)c1. The molecule has 6 nitrogen and oxygen atoms in total. The van der Waals surface area contributed by atoms with E-state index in [4.69, 9.17) is 16.0 Å². The summed E-state index contributed by atoms with van der Waals surface area (Å²) in [6, 6.07) is 18.8. The maximum absolute atomic E-state index is 12.8. The van der Waals surface area contributed by atoms with Gasteiger partial charge in [-0.3, -0.25) is 9.36 Å². The van der Waals surface area contributed by atoms with Gasteiger partial charge in [-0.05, 0) is 42.0 Å². The van der Waals surface area contributed by atoms with E-state index in [0.29, 0.717) is 28.6 Å². The first-order valence-corrected chi connectivity index (χ1v) is 11.6. The monoisotopic (exact) mass is 466 g/mol. The molecule has 4 aromatic rings. The van der Waals surface area contributed by atoms with E-state index in [9.17, 15) is 4.79 Å². The Balaban J connectivity index is 1.55. The van der Waals surface area contributed by atoms with Crippen molar-refractivity contribution in [1.29, 1.82) is 0 Å². The van der Waals surface area contributed by atoms with Crippen molar-refractivity contribution >= 4 is 29.3 Å². The minimum absolute atomic E-state index is 0.142. The molecule has 164 valence electrons. The van der Waals surface area contributed by atoms with Crippen molar-refractivity contribution in [3.8, 4) is 5.69 Å². The Bertz CT molecular complexity index is 1200. The van der Waals surface area contributed by atoms with Crippen LogP contribution in [0.3, 0.4) is 0 Å². The normalized spacial score (nSPS) is 11.1. The molecule has 2 aromatic heterocycles. The minimum Gasteiger partial charge on any atom is -0.467 e. The quantitative estimate of drug-likeness (QED) is 0.329. The zero-order valence-corrected chi connectivity index (χ0v) is 19.4. The molecule has 0 saturated carbocycles. The predicted molar refractivity (Wildman–Crippen MR) is 126 cm³/mol. The van der Waals surface area contributed by atoms with E-state index in [1.54, 1.807) is 12.3 Å². The number of carbonyl (C=O) groups is 1. The van der Waals surface area contributed by atoms with Crippen LogP contribution in [-0.2, 0) is 12.3 Å². The van der Waals surface area contributed by atoms with Gasteiger partial charge in [0, 0.05) is 22.3 Å². The van der Waals surface area contributed by atoms with Crippen LogP contribution in [-0.4, -0.2) is 20.7 Å². The number of halogens is 1. The first kappa shape index (κ1) is 22.2. The topological polar surface area (TPSA) is 73.0 Å². The van der Waals surface area contributed by atoms with Crippen LogP contribution in [0.2, 0.25) is 5.02 Å². The Kier molecular flexibility index (Phi) is 6.97. The molecular formula is C24H23ClN4O2S. The molecule has 0 saturated heterocycles. The Morgan fingerprint density at radius 3 is 2.72 bits per heavy atom. The largest absolute Gasteiger partial charge is 0.467 e. The van der Waals surface area contributed by atoms with Gasteiger partial charge < -0.3 is 9.73 Å². The van der Waals surface area contributed by atoms with E-state index < -0.39 is 0 Å². The molecule has 0 fully saturated rings. The zero-order chi connectivity index (χ0) is 22.5. The Morgan fingerprint density at radius 2 is 1.97 bits per heavy atom. The first-order chi connectivity index (χ1) is 15.5. The molecule has 1 N–H and O–H groups in total. The highest BCUT2D eigenvalue weighted by Gasteiger charge is 2.18. The predicted octanol–water partition coefficient (Wildman–Crippen LogP) is 5.86. The van der Waals surface area contributed by atoms with Gasteiger partial charge >= 0.3 is 0 Å². The molecule has 0 spiro atoms. The summed E-state index contributed by atoms with van der Waals surface area (Å²) in [5.41, 5.74) is 2.46. The number of rotatable bonds is 8. The summed E-state index contributed by atoms with van der Waals surface area (Å²) in [7, 11) is 0. The number of amides is 1. The van der Waals surface area contributed by atoms with Gasteiger partial charge in [0.05, 0.1) is 18.5 Å². The van der Waals surface area contributed by atoms with Crippen molar-refractivity contribution in [2.24, 2.45) is 0 Å². The third-order valence-electron chi connectivity index (χ3n) is 4.86. The van der Waals surface area contributed by atoms with Crippen molar-refractivity contribution in [2.75, 3.05) is 0 Å². The number of carbonyl (C=O) groups excluding carboxylic acids is 1. The molecular weight excluding hydrogens is 444 g/mol. The van der Waals surface area contributed by atoms with Crippen LogP contribution in [0.15, 0.2) is 76.5 Å². The highest BCUT2D eigenvalue weighted by Crippen LogP contribution is 2.29. The van der Waals surface area contributed by atoms with Crippen LogP contribution in [0, 0.1) is 0 Å². The van der Waals surface area contributed by atoms with Crippen molar-refractivity contribution in [1.82, 2.24) is 20.1 Å². The molecule has 2 heterocycles. The first-order valence-electron chi connectivity index (χ1n) is 10.3. The summed E-state index contributed by atoms with van der Waals surface area (Å²) in [4.78, 5) is 12.8. The van der Waals surface area contributed by atoms with E-state index in [1.807, 2.05) is 59.2 Å². The Hall–Kier alpha value is -3.03. The fourth-order valence-electron chi connectivity index (χ4n) is 3.29. The van der Waals surface area contributed by atoms with E-state index in [1.165, 1.54) is 11.8 Å². The lowest BCUT2D eigenvalue weighted by molar-refractivity contribution is 0.0947. The van der Waals surface area contributed by atoms with Crippen LogP contribution in [0.4, 0.5) is 0 Å². The van der Waals surface area contributed by atoms with Crippen molar-refractivity contribution < 1.29 is 9.21 Å². The molecule has 1 amide bonds. The van der Waals surface area contributed by atoms with Crippen LogP contribution in [0.25, 0.3) is 5.69 Å². The molecule has 0 bridgehead atoms. The van der Waals surface area contributed by atoms with Crippen molar-refractivity contribution in [3.63, 3.8) is 0 Å². The average Bonchev–Trinajstić information content (AvgIpc) is 3.46. The number of nitrogens with one attached hydrogen (secondary N) is 1. The van der Waals surface area contributed by atoms with E-state index >= 15 is 0 Å². The molecule has 4 rings (SSSR count). The lowest BCUT2D eigenvalue weighted by Crippen LogP contribution is -2.23. The average molecular weight is 467 g/mol. The number of thioether (sulfide) groups is 1. The highest BCUT2D eigenvalue weighted by atomic mass is 35.5. The zero-order valence-electron chi connectivity index (χ0n) is 17.8. The Morgan fingerprint density at radius 1 is 1.12 bits per heavy atom. The third kappa shape index (κ3) is 5.06. The highest BCUT2D eigenvalue weighted by molar-refractivity contribution is 7.98. The number of nitrogens with zero attached hydrogens (tertiary/aromatic N) is 3. The van der Waals surface area contributed by atoms with Gasteiger partial charge in [-0.15, -0.1) is 10.2 Å². The number of hydrogen-bond acceptors (Lipinski definition) is 5. The van der Waals surface area contributed by atoms with E-state index in [0.717, 1.165) is 22.2 Å². The van der Waals surface area contributed by atoms with Gasteiger partial charge in [0.25, 0.3) is 5.91 Å². The second-order valence-corrected chi connectivity index (χ2v) is 8.90. The number of furan rings is 1. The van der Waals surface area contributed by atoms with Crippen molar-refractivity contribution in [3.05, 3.63) is 94.7 Å². The van der Waals surface area contributed by atoms with Gasteiger partial charge in [0.15, 0.2) is 5.16 Å². The van der Waals surface area contributed by atoms with E-state index in [2.05, 4.69) is 29.4 Å². The molecule has 2 aromatic carbocycles. The van der Waals surface area contributed by atoms with E-state index in [-0.39, 0.29) is 11.8 Å². The van der Waals surface area contributed by atoms with Crippen LogP contribution < -0.4 is 5.32 Å². The summed E-state index contributed by atoms with van der Waals surface area (Å²) in [6.45, 7) is 4.50. The third-order valence-corrected chi connectivity index (χ3v) is 6.08. The Labute approximate surface area is 196 Å². The minimum atomic E-state index is -0.142. The number of aromatic nitrogens is 3. The van der Waals surface area contributed by atoms with Crippen molar-refractivity contribution in [2.45, 2.75) is 37.2 Å². The molecule has 0 radical (unpaired) electrons. The molecule has 0 atom stereocenters. The number of hydrogen-bond donors (Lipinski definition) is 1. The molecule has 0 aliphatic rings. The standard InChI is InChI=1S/C24H23ClN4O2S/c1-16(2)22-27-28-24(29(22)19-9-5-8-18(25)13-19)32-15-17-7-3-4-11-21(17)23(30)26-14-20-10-6-12-31-20/h3-13,16H,14-15H2,1-2H3,(H,26,30). The second kappa shape index (κ2) is 10.1. The van der Waals surface area contributed by atoms with Gasteiger partial charge in [0.1, 0.15) is 11.6 Å². The molecule has 8 heteroatoms. The molecule has 0 unspecified atom stereocenters. The summed E-state index contributed by atoms with van der Waals surface area (Å²) in [6.07, 6.45) is 1.59. The maximum Gasteiger partial charge on any atom is 0.251 e. The van der Waals surface area contributed by atoms with Gasteiger partial charge in [-0.1, -0.05) is 61.5 Å². The second-order valence-electron chi connectivity index (χ2n) is 7.52. The summed E-state index contributed by atoms with van der Waals surface area (Å²) in [5, 5.41) is 13.1. The summed E-state index contributed by atoms with van der Waals surface area (Å²) < 4.78 is 7.32. The molecule has 32 heavy (non-hydrogen) atoms. The molecule has 0 aliphatic carbocycles. The lowest BCUT2D eigenvalue weighted by atomic mass is 10.1. The molecule has 0 aliphatic heterocycles. The van der Waals surface area contributed by atoms with Gasteiger partial charge in [-0.25, -0.2) is 0 Å². The van der Waals surface area contributed by atoms with Crippen LogP contribution in [0.5, 0.6) is 0 Å². The van der Waals surface area contributed by atoms with Crippen LogP contribution >= 0.6 is 23.4 Å². The summed E-state index contributed by atoms with van der Waals surface area (Å²) >= 11 is 7.76. The van der Waals surface area contributed by atoms with Gasteiger partial charge in [-0.2, -0.15) is 0 Å². The maximum atomic E-state index is 12.8. The number of benzene rings is 2.